The minimum atomic E-state index is -3.81. The number of anilines is 2. The van der Waals surface area contributed by atoms with Gasteiger partial charge in [-0.05, 0) is 48.4 Å². The number of benzene rings is 2. The van der Waals surface area contributed by atoms with Crippen LogP contribution in [0.25, 0.3) is 0 Å². The van der Waals surface area contributed by atoms with Gasteiger partial charge in [0.25, 0.3) is 10.0 Å². The first-order valence-electron chi connectivity index (χ1n) is 7.09. The van der Waals surface area contributed by atoms with Crippen LogP contribution < -0.4 is 15.2 Å². The molecular formula is C16H18N2O5S. The van der Waals surface area contributed by atoms with E-state index in [1.54, 1.807) is 18.2 Å². The molecular weight excluding hydrogens is 332 g/mol. The predicted molar refractivity (Wildman–Crippen MR) is 90.6 cm³/mol. The number of aliphatic carboxylic acids is 1. The van der Waals surface area contributed by atoms with E-state index in [1.165, 1.54) is 31.4 Å². The van der Waals surface area contributed by atoms with Gasteiger partial charge in [0.1, 0.15) is 5.75 Å². The number of carboxylic acid groups (broad SMARTS) is 1. The highest BCUT2D eigenvalue weighted by Crippen LogP contribution is 2.28. The lowest BCUT2D eigenvalue weighted by Gasteiger charge is -2.13. The van der Waals surface area contributed by atoms with Gasteiger partial charge in [0.2, 0.25) is 0 Å². The molecule has 0 atom stereocenters. The summed E-state index contributed by atoms with van der Waals surface area (Å²) in [5.41, 5.74) is 6.96. The van der Waals surface area contributed by atoms with Gasteiger partial charge < -0.3 is 15.6 Å². The summed E-state index contributed by atoms with van der Waals surface area (Å²) in [5, 5.41) is 8.76. The molecule has 0 radical (unpaired) electrons. The van der Waals surface area contributed by atoms with Crippen LogP contribution in [0.4, 0.5) is 11.4 Å². The highest BCUT2D eigenvalue weighted by atomic mass is 32.2. The van der Waals surface area contributed by atoms with Gasteiger partial charge in [0.15, 0.2) is 0 Å². The Morgan fingerprint density at radius 1 is 1.21 bits per heavy atom. The zero-order valence-electron chi connectivity index (χ0n) is 13.0. The number of nitrogens with two attached hydrogens (primary N) is 1. The van der Waals surface area contributed by atoms with Gasteiger partial charge in [0.05, 0.1) is 17.7 Å². The molecule has 0 aliphatic carbocycles. The molecule has 0 amide bonds. The molecule has 24 heavy (non-hydrogen) atoms. The zero-order valence-corrected chi connectivity index (χ0v) is 13.8. The van der Waals surface area contributed by atoms with E-state index in [0.717, 1.165) is 0 Å². The summed E-state index contributed by atoms with van der Waals surface area (Å²) in [7, 11) is -2.39. The standard InChI is InChI=1S/C16H18N2O5S/c1-23-15-8-2-11(3-9-16(19)20)10-14(15)18-24(21,22)13-6-4-12(17)5-7-13/h2,4-8,10,18H,3,9,17H2,1H3,(H,19,20). The van der Waals surface area contributed by atoms with E-state index in [1.807, 2.05) is 0 Å². The number of aryl methyl sites for hydroxylation is 1. The third-order valence-electron chi connectivity index (χ3n) is 3.33. The Morgan fingerprint density at radius 2 is 1.88 bits per heavy atom. The largest absolute Gasteiger partial charge is 0.495 e. The molecule has 7 nitrogen and oxygen atoms in total. The van der Waals surface area contributed by atoms with Crippen molar-refractivity contribution in [3.8, 4) is 5.75 Å². The Kier molecular flexibility index (Phi) is 5.30. The van der Waals surface area contributed by atoms with Crippen molar-refractivity contribution in [3.63, 3.8) is 0 Å². The summed E-state index contributed by atoms with van der Waals surface area (Å²) in [5.74, 6) is -0.581. The summed E-state index contributed by atoms with van der Waals surface area (Å²) in [4.78, 5) is 10.7. The summed E-state index contributed by atoms with van der Waals surface area (Å²) in [6.45, 7) is 0. The van der Waals surface area contributed by atoms with Crippen molar-refractivity contribution in [1.29, 1.82) is 0 Å². The fourth-order valence-electron chi connectivity index (χ4n) is 2.09. The van der Waals surface area contributed by atoms with E-state index in [4.69, 9.17) is 15.6 Å². The number of hydrogen-bond donors (Lipinski definition) is 3. The Balaban J connectivity index is 2.30. The summed E-state index contributed by atoms with van der Waals surface area (Å²) >= 11 is 0. The molecule has 0 saturated heterocycles. The number of ether oxygens (including phenoxy) is 1. The van der Waals surface area contributed by atoms with Gasteiger partial charge in [-0.3, -0.25) is 9.52 Å². The molecule has 2 aromatic carbocycles. The molecule has 0 fully saturated rings. The highest BCUT2D eigenvalue weighted by molar-refractivity contribution is 7.92. The predicted octanol–water partition coefficient (Wildman–Crippen LogP) is 2.10. The summed E-state index contributed by atoms with van der Waals surface area (Å²) in [6.07, 6.45) is 0.242. The number of carboxylic acids is 1. The molecule has 0 aliphatic rings. The van der Waals surface area contributed by atoms with Crippen LogP contribution in [0.3, 0.4) is 0 Å². The van der Waals surface area contributed by atoms with Crippen molar-refractivity contribution >= 4 is 27.4 Å². The molecule has 0 aromatic heterocycles. The molecule has 128 valence electrons. The lowest BCUT2D eigenvalue weighted by atomic mass is 10.1. The topological polar surface area (TPSA) is 119 Å². The third kappa shape index (κ3) is 4.39. The van der Waals surface area contributed by atoms with Gasteiger partial charge in [-0.1, -0.05) is 6.07 Å². The van der Waals surface area contributed by atoms with E-state index in [9.17, 15) is 13.2 Å². The number of rotatable bonds is 7. The molecule has 0 heterocycles. The maximum absolute atomic E-state index is 12.5. The second-order valence-corrected chi connectivity index (χ2v) is 6.79. The van der Waals surface area contributed by atoms with Gasteiger partial charge in [-0.25, -0.2) is 8.42 Å². The van der Waals surface area contributed by atoms with Gasteiger partial charge >= 0.3 is 5.97 Å². The van der Waals surface area contributed by atoms with Gasteiger partial charge in [0, 0.05) is 12.1 Å². The van der Waals surface area contributed by atoms with Crippen LogP contribution in [0.1, 0.15) is 12.0 Å². The van der Waals surface area contributed by atoms with Crippen LogP contribution >= 0.6 is 0 Å². The fraction of sp³-hybridized carbons (Fsp3) is 0.188. The summed E-state index contributed by atoms with van der Waals surface area (Å²) in [6, 6.07) is 10.7. The van der Waals surface area contributed by atoms with Crippen molar-refractivity contribution in [2.75, 3.05) is 17.6 Å². The Hall–Kier alpha value is -2.74. The zero-order chi connectivity index (χ0) is 17.7. The van der Waals surface area contributed by atoms with Crippen molar-refractivity contribution in [2.24, 2.45) is 0 Å². The smallest absolute Gasteiger partial charge is 0.303 e. The van der Waals surface area contributed by atoms with Crippen LogP contribution in [0.5, 0.6) is 5.75 Å². The monoisotopic (exact) mass is 350 g/mol. The lowest BCUT2D eigenvalue weighted by Crippen LogP contribution is -2.14. The van der Waals surface area contributed by atoms with E-state index in [0.29, 0.717) is 17.0 Å². The Morgan fingerprint density at radius 3 is 2.46 bits per heavy atom. The first-order chi connectivity index (χ1) is 11.3. The van der Waals surface area contributed by atoms with E-state index in [2.05, 4.69) is 4.72 Å². The minimum Gasteiger partial charge on any atom is -0.495 e. The molecule has 0 bridgehead atoms. The summed E-state index contributed by atoms with van der Waals surface area (Å²) < 4.78 is 32.5. The maximum Gasteiger partial charge on any atom is 0.303 e. The first-order valence-corrected chi connectivity index (χ1v) is 8.57. The number of carbonyl (C=O) groups is 1. The van der Waals surface area contributed by atoms with Crippen molar-refractivity contribution in [1.82, 2.24) is 0 Å². The van der Waals surface area contributed by atoms with Gasteiger partial charge in [-0.2, -0.15) is 0 Å². The number of methoxy groups -OCH3 is 1. The molecule has 2 aromatic rings. The molecule has 0 aliphatic heterocycles. The van der Waals surface area contributed by atoms with Gasteiger partial charge in [-0.15, -0.1) is 0 Å². The fourth-order valence-corrected chi connectivity index (χ4v) is 3.15. The maximum atomic E-state index is 12.5. The number of sulfonamides is 1. The molecule has 8 heteroatoms. The lowest BCUT2D eigenvalue weighted by molar-refractivity contribution is -0.136. The SMILES string of the molecule is COc1ccc(CCC(=O)O)cc1NS(=O)(=O)c1ccc(N)cc1. The third-order valence-corrected chi connectivity index (χ3v) is 4.71. The quantitative estimate of drug-likeness (QED) is 0.658. The Bertz CT molecular complexity index is 832. The molecule has 2 rings (SSSR count). The number of nitrogens with one attached hydrogen (secondary N) is 1. The van der Waals surface area contributed by atoms with E-state index >= 15 is 0 Å². The van der Waals surface area contributed by atoms with Crippen molar-refractivity contribution < 1.29 is 23.1 Å². The average molecular weight is 350 g/mol. The van der Waals surface area contributed by atoms with Crippen molar-refractivity contribution in [2.45, 2.75) is 17.7 Å². The van der Waals surface area contributed by atoms with Crippen molar-refractivity contribution in [3.05, 3.63) is 48.0 Å². The number of hydrogen-bond acceptors (Lipinski definition) is 5. The second kappa shape index (κ2) is 7.22. The molecule has 0 saturated carbocycles. The van der Waals surface area contributed by atoms with E-state index < -0.39 is 16.0 Å². The minimum absolute atomic E-state index is 0.0452. The molecule has 0 unspecified atom stereocenters. The van der Waals surface area contributed by atoms with Crippen LogP contribution in [-0.2, 0) is 21.2 Å². The normalized spacial score (nSPS) is 11.0. The molecule has 4 N–H and O–H groups in total. The van der Waals surface area contributed by atoms with Crippen LogP contribution in [0.2, 0.25) is 0 Å². The average Bonchev–Trinajstić information content (AvgIpc) is 2.53. The Labute approximate surface area is 140 Å². The van der Waals surface area contributed by atoms with E-state index in [-0.39, 0.29) is 23.4 Å². The van der Waals surface area contributed by atoms with Crippen LogP contribution in [-0.4, -0.2) is 26.6 Å². The highest BCUT2D eigenvalue weighted by Gasteiger charge is 2.17. The van der Waals surface area contributed by atoms with Crippen LogP contribution in [0, 0.1) is 0 Å². The van der Waals surface area contributed by atoms with Crippen LogP contribution in [0.15, 0.2) is 47.4 Å². The second-order valence-electron chi connectivity index (χ2n) is 5.10. The molecule has 0 spiro atoms. The first kappa shape index (κ1) is 17.6. The number of nitrogen functional groups attached to an aromatic ring is 1.